The first kappa shape index (κ1) is 16.3. The topological polar surface area (TPSA) is 92.7 Å². The lowest BCUT2D eigenvalue weighted by molar-refractivity contribution is -0.136. The van der Waals surface area contributed by atoms with E-state index in [4.69, 9.17) is 9.84 Å². The van der Waals surface area contributed by atoms with Crippen LogP contribution in [-0.2, 0) is 19.6 Å². The molecule has 0 aliphatic carbocycles. The second-order valence-corrected chi connectivity index (χ2v) is 5.96. The van der Waals surface area contributed by atoms with Crippen molar-refractivity contribution in [1.82, 2.24) is 4.72 Å². The van der Waals surface area contributed by atoms with E-state index >= 15 is 0 Å². The summed E-state index contributed by atoms with van der Waals surface area (Å²) in [5, 5.41) is 8.44. The van der Waals surface area contributed by atoms with E-state index in [1.54, 1.807) is 0 Å². The van der Waals surface area contributed by atoms with Gasteiger partial charge in [-0.1, -0.05) is 13.8 Å². The molecule has 0 spiro atoms. The number of hydrogen-bond donors (Lipinski definition) is 2. The van der Waals surface area contributed by atoms with Gasteiger partial charge in [0.1, 0.15) is 0 Å². The average molecular weight is 267 g/mol. The standard InChI is InChI=1S/C10H21NO5S/c1-4-16-7-9(8(2)3)11-17(14,15)6-5-10(12)13/h8-9,11H,4-7H2,1-3H3,(H,12,13). The molecule has 0 radical (unpaired) electrons. The molecule has 0 bridgehead atoms. The lowest BCUT2D eigenvalue weighted by atomic mass is 10.1. The number of carboxylic acids is 1. The summed E-state index contributed by atoms with van der Waals surface area (Å²) in [6.07, 6.45) is -0.394. The zero-order chi connectivity index (χ0) is 13.5. The number of rotatable bonds is 9. The summed E-state index contributed by atoms with van der Waals surface area (Å²) in [7, 11) is -3.56. The highest BCUT2D eigenvalue weighted by Gasteiger charge is 2.21. The van der Waals surface area contributed by atoms with E-state index in [-0.39, 0.29) is 12.0 Å². The van der Waals surface area contributed by atoms with Gasteiger partial charge in [0, 0.05) is 12.6 Å². The number of ether oxygens (including phenoxy) is 1. The van der Waals surface area contributed by atoms with Crippen LogP contribution >= 0.6 is 0 Å². The van der Waals surface area contributed by atoms with E-state index in [1.165, 1.54) is 0 Å². The Morgan fingerprint density at radius 3 is 2.41 bits per heavy atom. The van der Waals surface area contributed by atoms with Gasteiger partial charge in [0.2, 0.25) is 10.0 Å². The summed E-state index contributed by atoms with van der Waals surface area (Å²) in [4.78, 5) is 10.3. The second-order valence-electron chi connectivity index (χ2n) is 4.09. The molecule has 102 valence electrons. The maximum Gasteiger partial charge on any atom is 0.304 e. The highest BCUT2D eigenvalue weighted by Crippen LogP contribution is 2.05. The Labute approximate surface area is 102 Å². The number of carbonyl (C=O) groups is 1. The van der Waals surface area contributed by atoms with Gasteiger partial charge in [-0.15, -0.1) is 0 Å². The fraction of sp³-hybridized carbons (Fsp3) is 0.900. The second kappa shape index (κ2) is 7.62. The molecule has 7 heteroatoms. The SMILES string of the molecule is CCOCC(NS(=O)(=O)CCC(=O)O)C(C)C. The average Bonchev–Trinajstić information content (AvgIpc) is 2.21. The fourth-order valence-electron chi connectivity index (χ4n) is 1.12. The predicted octanol–water partition coefficient (Wildman–Crippen LogP) is 0.442. The number of nitrogens with one attached hydrogen (secondary N) is 1. The molecule has 0 saturated carbocycles. The normalized spacial score (nSPS) is 13.9. The molecule has 0 amide bonds. The third kappa shape index (κ3) is 8.12. The van der Waals surface area contributed by atoms with Crippen LogP contribution in [0.1, 0.15) is 27.2 Å². The molecule has 0 heterocycles. The molecule has 0 aromatic carbocycles. The minimum absolute atomic E-state index is 0.0844. The van der Waals surface area contributed by atoms with Crippen LogP contribution in [0.5, 0.6) is 0 Å². The summed E-state index contributed by atoms with van der Waals surface area (Å²) in [6.45, 7) is 6.39. The summed E-state index contributed by atoms with van der Waals surface area (Å²) in [5.41, 5.74) is 0. The van der Waals surface area contributed by atoms with Gasteiger partial charge in [-0.25, -0.2) is 13.1 Å². The quantitative estimate of drug-likeness (QED) is 0.632. The first-order chi connectivity index (χ1) is 7.78. The predicted molar refractivity (Wildman–Crippen MR) is 64.3 cm³/mol. The van der Waals surface area contributed by atoms with Crippen molar-refractivity contribution >= 4 is 16.0 Å². The maximum atomic E-state index is 11.6. The van der Waals surface area contributed by atoms with Crippen LogP contribution in [0.3, 0.4) is 0 Å². The molecule has 6 nitrogen and oxygen atoms in total. The van der Waals surface area contributed by atoms with Crippen molar-refractivity contribution in [3.8, 4) is 0 Å². The number of carboxylic acid groups (broad SMARTS) is 1. The first-order valence-corrected chi connectivity index (χ1v) is 7.23. The van der Waals surface area contributed by atoms with Crippen molar-refractivity contribution < 1.29 is 23.1 Å². The summed E-state index contributed by atoms with van der Waals surface area (Å²) >= 11 is 0. The van der Waals surface area contributed by atoms with E-state index in [2.05, 4.69) is 4.72 Å². The Bertz CT molecular complexity index is 326. The monoisotopic (exact) mass is 267 g/mol. The number of aliphatic carboxylic acids is 1. The fourth-order valence-corrected chi connectivity index (χ4v) is 2.48. The van der Waals surface area contributed by atoms with Gasteiger partial charge in [-0.3, -0.25) is 4.79 Å². The zero-order valence-electron chi connectivity index (χ0n) is 10.5. The van der Waals surface area contributed by atoms with Crippen LogP contribution in [0, 0.1) is 5.92 Å². The Morgan fingerprint density at radius 2 is 2.00 bits per heavy atom. The third-order valence-corrected chi connectivity index (χ3v) is 3.63. The Kier molecular flexibility index (Phi) is 7.33. The lowest BCUT2D eigenvalue weighted by Gasteiger charge is -2.21. The largest absolute Gasteiger partial charge is 0.481 e. The highest BCUT2D eigenvalue weighted by molar-refractivity contribution is 7.89. The summed E-state index contributed by atoms with van der Waals surface area (Å²) in [5.74, 6) is -1.44. The van der Waals surface area contributed by atoms with Gasteiger partial charge < -0.3 is 9.84 Å². The summed E-state index contributed by atoms with van der Waals surface area (Å²) in [6, 6.07) is -0.325. The van der Waals surface area contributed by atoms with Gasteiger partial charge in [-0.05, 0) is 12.8 Å². The van der Waals surface area contributed by atoms with Crippen LogP contribution in [-0.4, -0.2) is 44.5 Å². The van der Waals surface area contributed by atoms with Crippen molar-refractivity contribution in [3.63, 3.8) is 0 Å². The Hall–Kier alpha value is -0.660. The molecule has 0 rings (SSSR count). The molecule has 0 aromatic heterocycles. The number of hydrogen-bond acceptors (Lipinski definition) is 4. The van der Waals surface area contributed by atoms with Crippen molar-refractivity contribution in [2.75, 3.05) is 19.0 Å². The molecule has 0 saturated heterocycles. The van der Waals surface area contributed by atoms with Crippen LogP contribution in [0.25, 0.3) is 0 Å². The van der Waals surface area contributed by atoms with E-state index in [1.807, 2.05) is 20.8 Å². The van der Waals surface area contributed by atoms with Crippen LogP contribution in [0.2, 0.25) is 0 Å². The minimum atomic E-state index is -3.56. The van der Waals surface area contributed by atoms with Crippen LogP contribution in [0.4, 0.5) is 0 Å². The van der Waals surface area contributed by atoms with Crippen LogP contribution in [0.15, 0.2) is 0 Å². The van der Waals surface area contributed by atoms with Gasteiger partial charge in [-0.2, -0.15) is 0 Å². The molecule has 0 aromatic rings. The van der Waals surface area contributed by atoms with Gasteiger partial charge in [0.15, 0.2) is 0 Å². The van der Waals surface area contributed by atoms with Crippen molar-refractivity contribution in [2.45, 2.75) is 33.2 Å². The smallest absolute Gasteiger partial charge is 0.304 e. The maximum absolute atomic E-state index is 11.6. The van der Waals surface area contributed by atoms with E-state index < -0.39 is 28.2 Å². The molecule has 17 heavy (non-hydrogen) atoms. The van der Waals surface area contributed by atoms with Gasteiger partial charge in [0.25, 0.3) is 0 Å². The van der Waals surface area contributed by atoms with E-state index in [0.717, 1.165) is 0 Å². The molecular weight excluding hydrogens is 246 g/mol. The van der Waals surface area contributed by atoms with Crippen LogP contribution < -0.4 is 4.72 Å². The van der Waals surface area contributed by atoms with Crippen molar-refractivity contribution in [1.29, 1.82) is 0 Å². The van der Waals surface area contributed by atoms with Crippen molar-refractivity contribution in [2.24, 2.45) is 5.92 Å². The molecule has 0 fully saturated rings. The molecule has 0 aliphatic rings. The third-order valence-electron chi connectivity index (χ3n) is 2.22. The molecule has 1 unspecified atom stereocenters. The molecule has 1 atom stereocenters. The summed E-state index contributed by atoms with van der Waals surface area (Å²) < 4.78 is 30.8. The van der Waals surface area contributed by atoms with E-state index in [0.29, 0.717) is 13.2 Å². The molecular formula is C10H21NO5S. The van der Waals surface area contributed by atoms with Gasteiger partial charge in [0.05, 0.1) is 18.8 Å². The lowest BCUT2D eigenvalue weighted by Crippen LogP contribution is -2.43. The molecule has 0 aliphatic heterocycles. The highest BCUT2D eigenvalue weighted by atomic mass is 32.2. The molecule has 2 N–H and O–H groups in total. The first-order valence-electron chi connectivity index (χ1n) is 5.58. The Balaban J connectivity index is 4.36. The van der Waals surface area contributed by atoms with Crippen molar-refractivity contribution in [3.05, 3.63) is 0 Å². The Morgan fingerprint density at radius 1 is 1.41 bits per heavy atom. The zero-order valence-corrected chi connectivity index (χ0v) is 11.3. The number of sulfonamides is 1. The van der Waals surface area contributed by atoms with Gasteiger partial charge >= 0.3 is 5.97 Å². The van der Waals surface area contributed by atoms with E-state index in [9.17, 15) is 13.2 Å². The minimum Gasteiger partial charge on any atom is -0.481 e.